The Morgan fingerprint density at radius 1 is 1.12 bits per heavy atom. The van der Waals surface area contributed by atoms with Crippen molar-refractivity contribution in [3.63, 3.8) is 0 Å². The molecular formula is C24H32FN3O4S. The number of nitrogens with one attached hydrogen (secondary N) is 1. The smallest absolute Gasteiger partial charge is 0.243 e. The number of hydrogen-bond donors (Lipinski definition) is 1. The lowest BCUT2D eigenvalue weighted by Gasteiger charge is -2.24. The molecule has 0 aliphatic carbocycles. The van der Waals surface area contributed by atoms with E-state index in [0.29, 0.717) is 30.8 Å². The summed E-state index contributed by atoms with van der Waals surface area (Å²) < 4.78 is 46.3. The highest BCUT2D eigenvalue weighted by atomic mass is 32.2. The summed E-state index contributed by atoms with van der Waals surface area (Å²) in [6, 6.07) is 9.55. The molecule has 0 spiro atoms. The second-order valence-electron chi connectivity index (χ2n) is 7.98. The Hall–Kier alpha value is -2.65. The quantitative estimate of drug-likeness (QED) is 0.559. The minimum atomic E-state index is -3.66. The lowest BCUT2D eigenvalue weighted by Crippen LogP contribution is -2.31. The van der Waals surface area contributed by atoms with Crippen LogP contribution in [0, 0.1) is 5.82 Å². The third kappa shape index (κ3) is 5.83. The van der Waals surface area contributed by atoms with Crippen LogP contribution in [0.2, 0.25) is 0 Å². The molecule has 1 aliphatic rings. The Labute approximate surface area is 195 Å². The molecule has 0 unspecified atom stereocenters. The number of sulfonamides is 1. The fourth-order valence-electron chi connectivity index (χ4n) is 4.06. The number of nitrogens with zero attached hydrogens (tertiary/aromatic N) is 2. The van der Waals surface area contributed by atoms with Gasteiger partial charge < -0.3 is 15.0 Å². The normalized spacial score (nSPS) is 14.0. The number of hydrogen-bond acceptors (Lipinski definition) is 5. The fourth-order valence-corrected chi connectivity index (χ4v) is 5.54. The van der Waals surface area contributed by atoms with Gasteiger partial charge in [-0.05, 0) is 55.2 Å². The van der Waals surface area contributed by atoms with Crippen LogP contribution in [-0.2, 0) is 21.2 Å². The van der Waals surface area contributed by atoms with Gasteiger partial charge in [0.15, 0.2) is 11.6 Å². The van der Waals surface area contributed by atoms with Crippen LogP contribution >= 0.6 is 0 Å². The van der Waals surface area contributed by atoms with Gasteiger partial charge in [-0.15, -0.1) is 0 Å². The molecule has 1 aliphatic heterocycles. The number of halogens is 1. The van der Waals surface area contributed by atoms with Crippen molar-refractivity contribution in [2.75, 3.05) is 43.5 Å². The van der Waals surface area contributed by atoms with E-state index < -0.39 is 15.8 Å². The summed E-state index contributed by atoms with van der Waals surface area (Å²) in [6.07, 6.45) is 2.59. The van der Waals surface area contributed by atoms with Crippen LogP contribution in [0.15, 0.2) is 41.3 Å². The number of benzene rings is 2. The average Bonchev–Trinajstić information content (AvgIpc) is 3.33. The van der Waals surface area contributed by atoms with Crippen LogP contribution in [0.5, 0.6) is 5.75 Å². The number of ether oxygens (including phenoxy) is 1. The van der Waals surface area contributed by atoms with E-state index in [1.54, 1.807) is 38.1 Å². The Morgan fingerprint density at radius 2 is 1.82 bits per heavy atom. The maximum absolute atomic E-state index is 13.9. The fraction of sp³-hybridized carbons (Fsp3) is 0.458. The zero-order valence-electron chi connectivity index (χ0n) is 19.4. The van der Waals surface area contributed by atoms with Crippen LogP contribution in [0.3, 0.4) is 0 Å². The second-order valence-corrected chi connectivity index (χ2v) is 9.92. The number of methoxy groups -OCH3 is 1. The Morgan fingerprint density at radius 3 is 2.42 bits per heavy atom. The van der Waals surface area contributed by atoms with E-state index in [-0.39, 0.29) is 23.0 Å². The molecule has 1 fully saturated rings. The summed E-state index contributed by atoms with van der Waals surface area (Å²) in [5.74, 6) is -0.574. The highest BCUT2D eigenvalue weighted by molar-refractivity contribution is 7.89. The van der Waals surface area contributed by atoms with Crippen LogP contribution < -0.4 is 15.0 Å². The number of carbonyl (C=O) groups excluding carboxylic acids is 1. The maximum atomic E-state index is 13.9. The zero-order chi connectivity index (χ0) is 24.0. The minimum Gasteiger partial charge on any atom is -0.494 e. The molecule has 2 aromatic rings. The maximum Gasteiger partial charge on any atom is 0.243 e. The van der Waals surface area contributed by atoms with Gasteiger partial charge in [-0.3, -0.25) is 4.79 Å². The van der Waals surface area contributed by atoms with Crippen LogP contribution in [-0.4, -0.2) is 51.9 Å². The molecule has 0 saturated carbocycles. The van der Waals surface area contributed by atoms with Crippen molar-refractivity contribution >= 4 is 27.3 Å². The van der Waals surface area contributed by atoms with Gasteiger partial charge in [-0.25, -0.2) is 12.8 Å². The van der Waals surface area contributed by atoms with Crippen LogP contribution in [0.4, 0.5) is 15.8 Å². The van der Waals surface area contributed by atoms with E-state index >= 15 is 0 Å². The molecule has 0 bridgehead atoms. The molecule has 2 aromatic carbocycles. The van der Waals surface area contributed by atoms with E-state index in [9.17, 15) is 17.6 Å². The number of aryl methyl sites for hydroxylation is 1. The van der Waals surface area contributed by atoms with E-state index in [4.69, 9.17) is 4.74 Å². The van der Waals surface area contributed by atoms with Gasteiger partial charge in [0.25, 0.3) is 0 Å². The first-order chi connectivity index (χ1) is 15.8. The van der Waals surface area contributed by atoms with Gasteiger partial charge in [-0.1, -0.05) is 19.9 Å². The average molecular weight is 478 g/mol. The first kappa shape index (κ1) is 25.0. The lowest BCUT2D eigenvalue weighted by atomic mass is 10.1. The molecule has 180 valence electrons. The van der Waals surface area contributed by atoms with Gasteiger partial charge in [0.05, 0.1) is 23.4 Å². The van der Waals surface area contributed by atoms with Gasteiger partial charge in [0.2, 0.25) is 15.9 Å². The Kier molecular flexibility index (Phi) is 8.31. The van der Waals surface area contributed by atoms with Crippen molar-refractivity contribution in [2.24, 2.45) is 0 Å². The lowest BCUT2D eigenvalue weighted by molar-refractivity contribution is -0.116. The van der Waals surface area contributed by atoms with Crippen molar-refractivity contribution in [1.82, 2.24) is 4.31 Å². The number of amides is 1. The molecule has 0 radical (unpaired) electrons. The topological polar surface area (TPSA) is 79.0 Å². The minimum absolute atomic E-state index is 0.137. The summed E-state index contributed by atoms with van der Waals surface area (Å²) in [6.45, 7) is 6.04. The summed E-state index contributed by atoms with van der Waals surface area (Å²) in [7, 11) is -2.26. The second kappa shape index (κ2) is 11.0. The largest absolute Gasteiger partial charge is 0.494 e. The molecule has 1 heterocycles. The highest BCUT2D eigenvalue weighted by Crippen LogP contribution is 2.32. The van der Waals surface area contributed by atoms with E-state index in [1.807, 2.05) is 0 Å². The van der Waals surface area contributed by atoms with Gasteiger partial charge in [0.1, 0.15) is 0 Å². The molecule has 33 heavy (non-hydrogen) atoms. The molecular weight excluding hydrogens is 445 g/mol. The predicted molar refractivity (Wildman–Crippen MR) is 128 cm³/mol. The number of rotatable bonds is 10. The monoisotopic (exact) mass is 477 g/mol. The third-order valence-corrected chi connectivity index (χ3v) is 7.93. The van der Waals surface area contributed by atoms with Gasteiger partial charge in [0, 0.05) is 32.6 Å². The standard InChI is InChI=1S/C24H32FN3O4S/c1-4-28(5-2)33(30,31)19-10-11-22(27-14-6-7-15-27)21(17-19)26-24(29)13-9-18-8-12-23(32-3)20(25)16-18/h8,10-12,16-17H,4-7,9,13-15H2,1-3H3,(H,26,29). The first-order valence-electron chi connectivity index (χ1n) is 11.3. The summed E-state index contributed by atoms with van der Waals surface area (Å²) >= 11 is 0. The van der Waals surface area contributed by atoms with Crippen molar-refractivity contribution in [3.05, 3.63) is 47.8 Å². The molecule has 7 nitrogen and oxygen atoms in total. The molecule has 1 amide bonds. The molecule has 0 aromatic heterocycles. The summed E-state index contributed by atoms with van der Waals surface area (Å²) in [4.78, 5) is 15.1. The predicted octanol–water partition coefficient (Wildman–Crippen LogP) is 4.04. The van der Waals surface area contributed by atoms with Crippen LogP contribution in [0.25, 0.3) is 0 Å². The van der Waals surface area contributed by atoms with Crippen molar-refractivity contribution < 1.29 is 22.3 Å². The number of carbonyl (C=O) groups is 1. The number of anilines is 2. The molecule has 1 saturated heterocycles. The van der Waals surface area contributed by atoms with E-state index in [0.717, 1.165) is 31.6 Å². The van der Waals surface area contributed by atoms with Gasteiger partial charge >= 0.3 is 0 Å². The summed E-state index contributed by atoms with van der Waals surface area (Å²) in [5, 5.41) is 2.90. The van der Waals surface area contributed by atoms with E-state index in [2.05, 4.69) is 10.2 Å². The molecule has 3 rings (SSSR count). The summed E-state index contributed by atoms with van der Waals surface area (Å²) in [5.41, 5.74) is 1.98. The van der Waals surface area contributed by atoms with Crippen molar-refractivity contribution in [1.29, 1.82) is 0 Å². The van der Waals surface area contributed by atoms with Crippen molar-refractivity contribution in [3.8, 4) is 5.75 Å². The zero-order valence-corrected chi connectivity index (χ0v) is 20.3. The van der Waals surface area contributed by atoms with Gasteiger partial charge in [-0.2, -0.15) is 4.31 Å². The van der Waals surface area contributed by atoms with Crippen LogP contribution in [0.1, 0.15) is 38.7 Å². The molecule has 9 heteroatoms. The Balaban J connectivity index is 1.81. The first-order valence-corrected chi connectivity index (χ1v) is 12.8. The third-order valence-electron chi connectivity index (χ3n) is 5.89. The SMILES string of the molecule is CCN(CC)S(=O)(=O)c1ccc(N2CCCC2)c(NC(=O)CCc2ccc(OC)c(F)c2)c1. The highest BCUT2D eigenvalue weighted by Gasteiger charge is 2.25. The van der Waals surface area contributed by atoms with E-state index in [1.165, 1.54) is 23.5 Å². The van der Waals surface area contributed by atoms with Crippen molar-refractivity contribution in [2.45, 2.75) is 44.4 Å². The molecule has 0 atom stereocenters. The molecule has 1 N–H and O–H groups in total. The Bertz CT molecular complexity index is 1080.